The van der Waals surface area contributed by atoms with Crippen LogP contribution >= 0.6 is 15.9 Å². The number of alkyl halides is 1. The first-order chi connectivity index (χ1) is 6.88. The summed E-state index contributed by atoms with van der Waals surface area (Å²) < 4.78 is 11.7. The third-order valence-corrected chi connectivity index (χ3v) is 4.33. The van der Waals surface area contributed by atoms with Gasteiger partial charge in [0.2, 0.25) is 0 Å². The van der Waals surface area contributed by atoms with Crippen molar-refractivity contribution in [1.82, 2.24) is 0 Å². The number of rotatable bonds is 2. The largest absolute Gasteiger partial charge is 0.347 e. The van der Waals surface area contributed by atoms with E-state index in [1.54, 1.807) is 0 Å². The van der Waals surface area contributed by atoms with Crippen molar-refractivity contribution in [1.29, 1.82) is 0 Å². The summed E-state index contributed by atoms with van der Waals surface area (Å²) in [5.74, 6) is 1.69. The number of allylic oxidation sites excluding steroid dienone is 2. The van der Waals surface area contributed by atoms with Crippen LogP contribution in [-0.4, -0.2) is 24.3 Å². The molecule has 78 valence electrons. The molecule has 2 nitrogen and oxygen atoms in total. The molecule has 2 fully saturated rings. The van der Waals surface area contributed by atoms with Gasteiger partial charge in [-0.1, -0.05) is 28.1 Å². The van der Waals surface area contributed by atoms with E-state index >= 15 is 0 Å². The smallest absolute Gasteiger partial charge is 0.175 e. The summed E-state index contributed by atoms with van der Waals surface area (Å²) >= 11 is 3.52. The molecule has 0 N–H and O–H groups in total. The van der Waals surface area contributed by atoms with Gasteiger partial charge in [-0.15, -0.1) is 0 Å². The highest BCUT2D eigenvalue weighted by molar-refractivity contribution is 9.09. The lowest BCUT2D eigenvalue weighted by Crippen LogP contribution is -2.61. The Bertz CT molecular complexity index is 258. The first-order valence-corrected chi connectivity index (χ1v) is 6.51. The zero-order valence-corrected chi connectivity index (χ0v) is 9.70. The van der Waals surface area contributed by atoms with Gasteiger partial charge in [0.05, 0.1) is 13.2 Å². The second-order valence-electron chi connectivity index (χ2n) is 4.35. The molecule has 3 heteroatoms. The predicted molar refractivity (Wildman–Crippen MR) is 57.3 cm³/mol. The highest BCUT2D eigenvalue weighted by Crippen LogP contribution is 2.60. The third kappa shape index (κ3) is 1.04. The number of ether oxygens (including phenoxy) is 2. The molecule has 1 spiro atoms. The summed E-state index contributed by atoms with van der Waals surface area (Å²) in [6.45, 7) is 1.56. The Labute approximate surface area is 92.8 Å². The van der Waals surface area contributed by atoms with Gasteiger partial charge >= 0.3 is 0 Å². The third-order valence-electron chi connectivity index (χ3n) is 3.87. The molecule has 1 heterocycles. The number of fused-ring (bicyclic) bond motifs is 2. The Hall–Kier alpha value is 0.140. The van der Waals surface area contributed by atoms with E-state index in [1.165, 1.54) is 0 Å². The highest BCUT2D eigenvalue weighted by Gasteiger charge is 2.65. The van der Waals surface area contributed by atoms with Gasteiger partial charge in [-0.25, -0.2) is 0 Å². The molecule has 1 aliphatic heterocycles. The molecule has 0 aromatic rings. The first-order valence-electron chi connectivity index (χ1n) is 5.39. The molecule has 0 radical (unpaired) electrons. The van der Waals surface area contributed by atoms with Crippen LogP contribution in [0.1, 0.15) is 12.8 Å². The van der Waals surface area contributed by atoms with Crippen molar-refractivity contribution in [2.45, 2.75) is 18.6 Å². The molecule has 1 saturated carbocycles. The summed E-state index contributed by atoms with van der Waals surface area (Å²) in [7, 11) is 0. The zero-order valence-electron chi connectivity index (χ0n) is 8.12. The molecular weight excluding hydrogens is 244 g/mol. The molecule has 0 amide bonds. The van der Waals surface area contributed by atoms with Crippen LogP contribution in [0.2, 0.25) is 0 Å². The Balaban J connectivity index is 1.82. The Morgan fingerprint density at radius 2 is 2.14 bits per heavy atom. The maximum absolute atomic E-state index is 5.87. The topological polar surface area (TPSA) is 18.5 Å². The normalized spacial score (nSPS) is 42.8. The first kappa shape index (κ1) is 9.37. The van der Waals surface area contributed by atoms with E-state index < -0.39 is 0 Å². The van der Waals surface area contributed by atoms with Gasteiger partial charge in [0.25, 0.3) is 0 Å². The zero-order chi connectivity index (χ0) is 9.60. The van der Waals surface area contributed by atoms with Crippen molar-refractivity contribution < 1.29 is 9.47 Å². The van der Waals surface area contributed by atoms with E-state index in [-0.39, 0.29) is 5.79 Å². The summed E-state index contributed by atoms with van der Waals surface area (Å²) in [6.07, 6.45) is 6.94. The fraction of sp³-hybridized carbons (Fsp3) is 0.818. The van der Waals surface area contributed by atoms with Crippen LogP contribution in [0, 0.1) is 17.8 Å². The van der Waals surface area contributed by atoms with Crippen molar-refractivity contribution in [3.05, 3.63) is 12.2 Å². The minimum atomic E-state index is -0.206. The maximum atomic E-state index is 5.87. The number of hydrogen-bond acceptors (Lipinski definition) is 2. The van der Waals surface area contributed by atoms with Gasteiger partial charge < -0.3 is 9.47 Å². The molecule has 0 aromatic heterocycles. The lowest BCUT2D eigenvalue weighted by Gasteiger charge is -2.55. The Kier molecular flexibility index (Phi) is 2.22. The van der Waals surface area contributed by atoms with Crippen molar-refractivity contribution in [2.24, 2.45) is 17.8 Å². The van der Waals surface area contributed by atoms with Gasteiger partial charge in [-0.2, -0.15) is 0 Å². The van der Waals surface area contributed by atoms with Gasteiger partial charge in [0, 0.05) is 17.2 Å². The van der Waals surface area contributed by atoms with Crippen molar-refractivity contribution in [3.8, 4) is 0 Å². The van der Waals surface area contributed by atoms with Crippen LogP contribution in [-0.2, 0) is 9.47 Å². The molecule has 3 atom stereocenters. The average Bonchev–Trinajstić information content (AvgIpc) is 2.82. The average molecular weight is 259 g/mol. The lowest BCUT2D eigenvalue weighted by molar-refractivity contribution is -0.306. The quantitative estimate of drug-likeness (QED) is 0.559. The van der Waals surface area contributed by atoms with Crippen LogP contribution < -0.4 is 0 Å². The molecule has 1 unspecified atom stereocenters. The van der Waals surface area contributed by atoms with Gasteiger partial charge in [0.1, 0.15) is 0 Å². The van der Waals surface area contributed by atoms with Gasteiger partial charge in [-0.05, 0) is 18.8 Å². The monoisotopic (exact) mass is 258 g/mol. The van der Waals surface area contributed by atoms with Crippen molar-refractivity contribution >= 4 is 15.9 Å². The Morgan fingerprint density at radius 3 is 2.86 bits per heavy atom. The number of hydrogen-bond donors (Lipinski definition) is 0. The second kappa shape index (κ2) is 3.32. The molecule has 0 bridgehead atoms. The fourth-order valence-corrected chi connectivity index (χ4v) is 3.82. The van der Waals surface area contributed by atoms with E-state index in [0.717, 1.165) is 31.4 Å². The van der Waals surface area contributed by atoms with E-state index in [9.17, 15) is 0 Å². The van der Waals surface area contributed by atoms with Crippen LogP contribution in [0.25, 0.3) is 0 Å². The molecule has 0 aromatic carbocycles. The summed E-state index contributed by atoms with van der Waals surface area (Å²) in [4.78, 5) is 0. The van der Waals surface area contributed by atoms with Crippen LogP contribution in [0.5, 0.6) is 0 Å². The second-order valence-corrected chi connectivity index (χ2v) is 5.14. The molecule has 3 aliphatic rings. The maximum Gasteiger partial charge on any atom is 0.175 e. The van der Waals surface area contributed by atoms with Crippen LogP contribution in [0.3, 0.4) is 0 Å². The number of halogens is 1. The summed E-state index contributed by atoms with van der Waals surface area (Å²) in [5.41, 5.74) is 0. The molecule has 1 saturated heterocycles. The van der Waals surface area contributed by atoms with Crippen LogP contribution in [0.4, 0.5) is 0 Å². The lowest BCUT2D eigenvalue weighted by atomic mass is 9.60. The van der Waals surface area contributed by atoms with E-state index in [0.29, 0.717) is 17.8 Å². The minimum Gasteiger partial charge on any atom is -0.347 e. The van der Waals surface area contributed by atoms with Crippen molar-refractivity contribution in [2.75, 3.05) is 18.5 Å². The summed E-state index contributed by atoms with van der Waals surface area (Å²) in [5, 5.41) is 1.04. The highest BCUT2D eigenvalue weighted by atomic mass is 79.9. The standard InChI is InChI=1S/C11H15BrO2/c12-5-4-10-8-2-1-3-9(8)11(10)13-6-7-14-11/h1-2,8-10H,3-7H2/t8-,9?,10-/m0/s1. The van der Waals surface area contributed by atoms with E-state index in [4.69, 9.17) is 9.47 Å². The van der Waals surface area contributed by atoms with Gasteiger partial charge in [0.15, 0.2) is 5.79 Å². The fourth-order valence-electron chi connectivity index (χ4n) is 3.33. The molecule has 2 aliphatic carbocycles. The van der Waals surface area contributed by atoms with Crippen molar-refractivity contribution in [3.63, 3.8) is 0 Å². The Morgan fingerprint density at radius 1 is 1.36 bits per heavy atom. The van der Waals surface area contributed by atoms with E-state index in [2.05, 4.69) is 28.1 Å². The van der Waals surface area contributed by atoms with E-state index in [1.807, 2.05) is 0 Å². The minimum absolute atomic E-state index is 0.206. The molecule has 14 heavy (non-hydrogen) atoms. The molecule has 3 rings (SSSR count). The predicted octanol–water partition coefficient (Wildman–Crippen LogP) is 2.34. The summed E-state index contributed by atoms with van der Waals surface area (Å²) in [6, 6.07) is 0. The molecular formula is C11H15BrO2. The SMILES string of the molecule is BrCC[C@H]1[C@H]2C=CCC2C12OCCO2. The van der Waals surface area contributed by atoms with Crippen LogP contribution in [0.15, 0.2) is 12.2 Å². The van der Waals surface area contributed by atoms with Gasteiger partial charge in [-0.3, -0.25) is 0 Å².